The van der Waals surface area contributed by atoms with Gasteiger partial charge in [-0.3, -0.25) is 4.79 Å². The van der Waals surface area contributed by atoms with Crippen molar-refractivity contribution >= 4 is 5.97 Å². The standard InChI is InChI=1S/C18H32O6/c1-2-16-15(21)12-17(24-16)14(20)11-10-13(19)8-6-4-3-5-7-9-18(22)23/h10-11,13-17,19-21H,2-9,12H2,1H3,(H,22,23)/b11-10+/t13-,14-,15-,16-,17+/m1/s1. The zero-order valence-electron chi connectivity index (χ0n) is 14.5. The summed E-state index contributed by atoms with van der Waals surface area (Å²) in [5.41, 5.74) is 0. The van der Waals surface area contributed by atoms with E-state index in [2.05, 4.69) is 0 Å². The highest BCUT2D eigenvalue weighted by Crippen LogP contribution is 2.25. The molecule has 1 rings (SSSR count). The number of ether oxygens (including phenoxy) is 1. The topological polar surface area (TPSA) is 107 Å². The Morgan fingerprint density at radius 3 is 2.46 bits per heavy atom. The second-order valence-electron chi connectivity index (χ2n) is 6.57. The highest BCUT2D eigenvalue weighted by Gasteiger charge is 2.35. The van der Waals surface area contributed by atoms with Crippen molar-refractivity contribution in [3.05, 3.63) is 12.2 Å². The molecule has 1 heterocycles. The molecule has 140 valence electrons. The van der Waals surface area contributed by atoms with Crippen molar-refractivity contribution in [3.63, 3.8) is 0 Å². The third-order valence-electron chi connectivity index (χ3n) is 4.46. The van der Waals surface area contributed by atoms with E-state index >= 15 is 0 Å². The number of carboxylic acids is 1. The summed E-state index contributed by atoms with van der Waals surface area (Å²) >= 11 is 0. The fraction of sp³-hybridized carbons (Fsp3) is 0.833. The number of rotatable bonds is 12. The SMILES string of the molecule is CC[C@H]1O[C@H]([C@H](O)/C=C/[C@H](O)CCCCCCCC(=O)O)C[C@H]1O. The predicted octanol–water partition coefficient (Wildman–Crippen LogP) is 2.01. The Morgan fingerprint density at radius 2 is 1.83 bits per heavy atom. The highest BCUT2D eigenvalue weighted by molar-refractivity contribution is 5.66. The van der Waals surface area contributed by atoms with Gasteiger partial charge in [-0.05, 0) is 19.3 Å². The molecule has 0 unspecified atom stereocenters. The lowest BCUT2D eigenvalue weighted by Gasteiger charge is -2.16. The molecule has 5 atom stereocenters. The van der Waals surface area contributed by atoms with E-state index in [4.69, 9.17) is 9.84 Å². The van der Waals surface area contributed by atoms with Crippen LogP contribution in [-0.2, 0) is 9.53 Å². The summed E-state index contributed by atoms with van der Waals surface area (Å²) < 4.78 is 5.60. The van der Waals surface area contributed by atoms with E-state index in [9.17, 15) is 20.1 Å². The Morgan fingerprint density at radius 1 is 1.17 bits per heavy atom. The number of aliphatic carboxylic acids is 1. The van der Waals surface area contributed by atoms with Crippen LogP contribution in [0.3, 0.4) is 0 Å². The zero-order chi connectivity index (χ0) is 17.9. The first-order valence-electron chi connectivity index (χ1n) is 9.03. The Hall–Kier alpha value is -0.950. The molecule has 0 amide bonds. The summed E-state index contributed by atoms with van der Waals surface area (Å²) in [4.78, 5) is 10.4. The van der Waals surface area contributed by atoms with E-state index in [1.54, 1.807) is 12.2 Å². The summed E-state index contributed by atoms with van der Waals surface area (Å²) in [7, 11) is 0. The van der Waals surface area contributed by atoms with E-state index in [-0.39, 0.29) is 12.5 Å². The molecule has 0 saturated carbocycles. The van der Waals surface area contributed by atoms with Gasteiger partial charge in [0.25, 0.3) is 0 Å². The first-order valence-corrected chi connectivity index (χ1v) is 9.03. The second kappa shape index (κ2) is 11.6. The van der Waals surface area contributed by atoms with Gasteiger partial charge in [-0.25, -0.2) is 0 Å². The van der Waals surface area contributed by atoms with Crippen molar-refractivity contribution in [1.82, 2.24) is 0 Å². The van der Waals surface area contributed by atoms with Crippen LogP contribution in [0.4, 0.5) is 0 Å². The molecule has 0 aromatic rings. The van der Waals surface area contributed by atoms with Crippen LogP contribution in [0.25, 0.3) is 0 Å². The van der Waals surface area contributed by atoms with Crippen LogP contribution in [0.5, 0.6) is 0 Å². The normalized spacial score (nSPS) is 26.8. The van der Waals surface area contributed by atoms with Crippen LogP contribution in [0.2, 0.25) is 0 Å². The average molecular weight is 344 g/mol. The van der Waals surface area contributed by atoms with Gasteiger partial charge in [0.05, 0.1) is 30.5 Å². The minimum Gasteiger partial charge on any atom is -0.481 e. The first kappa shape index (κ1) is 21.1. The van der Waals surface area contributed by atoms with Crippen LogP contribution in [0.15, 0.2) is 12.2 Å². The molecule has 6 nitrogen and oxygen atoms in total. The fourth-order valence-electron chi connectivity index (χ4n) is 2.97. The Bertz CT molecular complexity index is 384. The third-order valence-corrected chi connectivity index (χ3v) is 4.46. The lowest BCUT2D eigenvalue weighted by Crippen LogP contribution is -2.24. The Balaban J connectivity index is 2.12. The van der Waals surface area contributed by atoms with Crippen molar-refractivity contribution in [2.75, 3.05) is 0 Å². The Labute approximate surface area is 144 Å². The van der Waals surface area contributed by atoms with Crippen molar-refractivity contribution < 1.29 is 30.0 Å². The van der Waals surface area contributed by atoms with Crippen molar-refractivity contribution in [2.24, 2.45) is 0 Å². The van der Waals surface area contributed by atoms with Gasteiger partial charge in [0.1, 0.15) is 0 Å². The molecule has 1 aliphatic rings. The molecule has 0 bridgehead atoms. The Kier molecular flexibility index (Phi) is 10.2. The summed E-state index contributed by atoms with van der Waals surface area (Å²) in [5, 5.41) is 38.3. The zero-order valence-corrected chi connectivity index (χ0v) is 14.5. The maximum atomic E-state index is 10.4. The van der Waals surface area contributed by atoms with Gasteiger partial charge in [0, 0.05) is 12.8 Å². The molecule has 0 aromatic heterocycles. The monoisotopic (exact) mass is 344 g/mol. The molecule has 0 aromatic carbocycles. The van der Waals surface area contributed by atoms with E-state index in [1.165, 1.54) is 0 Å². The van der Waals surface area contributed by atoms with Crippen LogP contribution < -0.4 is 0 Å². The molecule has 1 aliphatic heterocycles. The molecule has 0 radical (unpaired) electrons. The molecule has 0 spiro atoms. The van der Waals surface area contributed by atoms with Gasteiger partial charge in [0.15, 0.2) is 0 Å². The summed E-state index contributed by atoms with van der Waals surface area (Å²) in [6.45, 7) is 1.93. The number of aliphatic hydroxyl groups is 3. The molecule has 1 fully saturated rings. The molecule has 24 heavy (non-hydrogen) atoms. The summed E-state index contributed by atoms with van der Waals surface area (Å²) in [6, 6.07) is 0. The average Bonchev–Trinajstić information content (AvgIpc) is 2.92. The van der Waals surface area contributed by atoms with E-state index in [0.29, 0.717) is 25.7 Å². The molecule has 4 N–H and O–H groups in total. The van der Waals surface area contributed by atoms with Gasteiger partial charge in [-0.15, -0.1) is 0 Å². The van der Waals surface area contributed by atoms with E-state index < -0.39 is 30.4 Å². The van der Waals surface area contributed by atoms with Gasteiger partial charge in [-0.2, -0.15) is 0 Å². The van der Waals surface area contributed by atoms with Crippen molar-refractivity contribution in [3.8, 4) is 0 Å². The number of hydrogen-bond acceptors (Lipinski definition) is 5. The molecule has 0 aliphatic carbocycles. The number of carboxylic acid groups (broad SMARTS) is 1. The van der Waals surface area contributed by atoms with Gasteiger partial charge in [-0.1, -0.05) is 44.8 Å². The minimum absolute atomic E-state index is 0.218. The number of aliphatic hydroxyl groups excluding tert-OH is 3. The summed E-state index contributed by atoms with van der Waals surface area (Å²) in [6.07, 6.45) is 6.92. The predicted molar refractivity (Wildman–Crippen MR) is 90.7 cm³/mol. The van der Waals surface area contributed by atoms with Crippen LogP contribution in [0, 0.1) is 0 Å². The van der Waals surface area contributed by atoms with Gasteiger partial charge < -0.3 is 25.2 Å². The highest BCUT2D eigenvalue weighted by atomic mass is 16.5. The lowest BCUT2D eigenvalue weighted by atomic mass is 10.0. The van der Waals surface area contributed by atoms with E-state index in [1.807, 2.05) is 6.92 Å². The molecule has 1 saturated heterocycles. The molecule has 6 heteroatoms. The van der Waals surface area contributed by atoms with Crippen LogP contribution >= 0.6 is 0 Å². The van der Waals surface area contributed by atoms with Crippen LogP contribution in [-0.4, -0.2) is 56.9 Å². The number of unbranched alkanes of at least 4 members (excludes halogenated alkanes) is 4. The quantitative estimate of drug-likeness (QED) is 0.319. The van der Waals surface area contributed by atoms with Crippen molar-refractivity contribution in [1.29, 1.82) is 0 Å². The lowest BCUT2D eigenvalue weighted by molar-refractivity contribution is -0.137. The maximum absolute atomic E-state index is 10.4. The molecular weight excluding hydrogens is 312 g/mol. The summed E-state index contributed by atoms with van der Waals surface area (Å²) in [5.74, 6) is -0.752. The van der Waals surface area contributed by atoms with Crippen molar-refractivity contribution in [2.45, 2.75) is 95.2 Å². The van der Waals surface area contributed by atoms with E-state index in [0.717, 1.165) is 25.7 Å². The smallest absolute Gasteiger partial charge is 0.303 e. The largest absolute Gasteiger partial charge is 0.481 e. The molecular formula is C18H32O6. The fourth-order valence-corrected chi connectivity index (χ4v) is 2.97. The van der Waals surface area contributed by atoms with Gasteiger partial charge >= 0.3 is 5.97 Å². The number of carbonyl (C=O) groups is 1. The minimum atomic E-state index is -0.818. The first-order chi connectivity index (χ1) is 11.4. The number of hydrogen-bond donors (Lipinski definition) is 4. The van der Waals surface area contributed by atoms with Gasteiger partial charge in [0.2, 0.25) is 0 Å². The third kappa shape index (κ3) is 8.24. The maximum Gasteiger partial charge on any atom is 0.303 e. The van der Waals surface area contributed by atoms with Crippen LogP contribution in [0.1, 0.15) is 64.7 Å². The second-order valence-corrected chi connectivity index (χ2v) is 6.57.